The highest BCUT2D eigenvalue weighted by Crippen LogP contribution is 2.22. The molecule has 1 N–H and O–H groups in total. The molecule has 0 saturated carbocycles. The minimum atomic E-state index is 0. The van der Waals surface area contributed by atoms with E-state index < -0.39 is 0 Å². The monoisotopic (exact) mass is 400 g/mol. The van der Waals surface area contributed by atoms with Crippen molar-refractivity contribution >= 4 is 18.3 Å². The predicted molar refractivity (Wildman–Crippen MR) is 114 cm³/mol. The lowest BCUT2D eigenvalue weighted by Gasteiger charge is -2.24. The molecule has 150 valence electrons. The summed E-state index contributed by atoms with van der Waals surface area (Å²) < 4.78 is 5.97. The van der Waals surface area contributed by atoms with Crippen LogP contribution in [-0.4, -0.2) is 36.0 Å². The van der Waals surface area contributed by atoms with Crippen molar-refractivity contribution in [3.8, 4) is 5.75 Å². The van der Waals surface area contributed by atoms with Crippen molar-refractivity contribution in [1.29, 1.82) is 0 Å². The van der Waals surface area contributed by atoms with Gasteiger partial charge in [-0.2, -0.15) is 0 Å². The summed E-state index contributed by atoms with van der Waals surface area (Å²) in [5.41, 5.74) is 3.43. The van der Waals surface area contributed by atoms with E-state index in [4.69, 9.17) is 4.74 Å². The Morgan fingerprint density at radius 3 is 2.79 bits per heavy atom. The second kappa shape index (κ2) is 9.44. The first-order valence-corrected chi connectivity index (χ1v) is 9.97. The molecule has 2 aromatic carbocycles. The molecule has 2 saturated heterocycles. The molecule has 1 amide bonds. The third kappa shape index (κ3) is 5.06. The number of ether oxygens (including phenoxy) is 1. The lowest BCUT2D eigenvalue weighted by Crippen LogP contribution is -2.39. The third-order valence-corrected chi connectivity index (χ3v) is 5.79. The van der Waals surface area contributed by atoms with Gasteiger partial charge in [-0.25, -0.2) is 0 Å². The van der Waals surface area contributed by atoms with E-state index in [9.17, 15) is 4.79 Å². The molecule has 2 bridgehead atoms. The smallest absolute Gasteiger partial charge is 0.227 e. The van der Waals surface area contributed by atoms with Crippen molar-refractivity contribution in [2.24, 2.45) is 0 Å². The molecule has 2 fully saturated rings. The molecule has 4 rings (SSSR count). The van der Waals surface area contributed by atoms with Gasteiger partial charge in [0, 0.05) is 25.2 Å². The summed E-state index contributed by atoms with van der Waals surface area (Å²) in [4.78, 5) is 14.8. The average Bonchev–Trinajstić information content (AvgIpc) is 3.00. The Morgan fingerprint density at radius 2 is 1.93 bits per heavy atom. The summed E-state index contributed by atoms with van der Waals surface area (Å²) in [7, 11) is 0. The van der Waals surface area contributed by atoms with Crippen LogP contribution in [0.15, 0.2) is 48.5 Å². The van der Waals surface area contributed by atoms with E-state index >= 15 is 0 Å². The Labute approximate surface area is 173 Å². The van der Waals surface area contributed by atoms with Crippen LogP contribution < -0.4 is 10.1 Å². The maximum absolute atomic E-state index is 12.8. The van der Waals surface area contributed by atoms with Crippen LogP contribution in [0.2, 0.25) is 0 Å². The third-order valence-electron chi connectivity index (χ3n) is 5.79. The zero-order valence-electron chi connectivity index (χ0n) is 16.4. The van der Waals surface area contributed by atoms with Gasteiger partial charge in [0.2, 0.25) is 5.91 Å². The van der Waals surface area contributed by atoms with Gasteiger partial charge in [-0.1, -0.05) is 36.4 Å². The summed E-state index contributed by atoms with van der Waals surface area (Å²) in [6.07, 6.45) is 3.96. The molecule has 5 heteroatoms. The Morgan fingerprint density at radius 1 is 1.11 bits per heavy atom. The highest BCUT2D eigenvalue weighted by atomic mass is 35.5. The topological polar surface area (TPSA) is 41.6 Å². The Hall–Kier alpha value is -2.04. The van der Waals surface area contributed by atoms with Crippen LogP contribution in [0.3, 0.4) is 0 Å². The maximum atomic E-state index is 12.8. The first-order valence-electron chi connectivity index (χ1n) is 9.97. The number of likely N-dealkylation sites (tertiary alicyclic amines) is 1. The molecule has 2 aromatic rings. The molecule has 2 aliphatic heterocycles. The summed E-state index contributed by atoms with van der Waals surface area (Å²) >= 11 is 0. The van der Waals surface area contributed by atoms with E-state index in [-0.39, 0.29) is 18.3 Å². The van der Waals surface area contributed by atoms with Gasteiger partial charge in [0.05, 0.1) is 6.42 Å². The van der Waals surface area contributed by atoms with Crippen molar-refractivity contribution < 1.29 is 9.53 Å². The zero-order chi connectivity index (χ0) is 18.6. The number of aryl methyl sites for hydroxylation is 1. The summed E-state index contributed by atoms with van der Waals surface area (Å²) in [6.45, 7) is 4.36. The van der Waals surface area contributed by atoms with Crippen molar-refractivity contribution in [2.75, 3.05) is 13.1 Å². The SMILES string of the molecule is Cc1ccccc1COc1cccc(CC(=O)N2CCC3CCC(C2)N3)c1.Cl. The Bertz CT molecular complexity index is 811. The van der Waals surface area contributed by atoms with Gasteiger partial charge >= 0.3 is 0 Å². The summed E-state index contributed by atoms with van der Waals surface area (Å²) in [6, 6.07) is 17.3. The number of hydrogen-bond acceptors (Lipinski definition) is 3. The van der Waals surface area contributed by atoms with E-state index in [0.717, 1.165) is 30.8 Å². The van der Waals surface area contributed by atoms with E-state index in [1.807, 2.05) is 41.3 Å². The van der Waals surface area contributed by atoms with E-state index in [0.29, 0.717) is 25.1 Å². The number of halogens is 1. The standard InChI is InChI=1S/C23H28N2O2.ClH/c1-17-5-2-3-7-19(17)16-27-22-8-4-6-18(13-22)14-23(26)25-12-11-20-9-10-21(15-25)24-20;/h2-8,13,20-21,24H,9-12,14-16H2,1H3;1H. The molecule has 0 aliphatic carbocycles. The number of nitrogens with zero attached hydrogens (tertiary/aromatic N) is 1. The number of nitrogens with one attached hydrogen (secondary N) is 1. The fourth-order valence-corrected chi connectivity index (χ4v) is 4.13. The maximum Gasteiger partial charge on any atom is 0.227 e. The summed E-state index contributed by atoms with van der Waals surface area (Å²) in [5, 5.41) is 3.63. The van der Waals surface area contributed by atoms with Gasteiger partial charge in [0.25, 0.3) is 0 Å². The number of carbonyl (C=O) groups excluding carboxylic acids is 1. The molecular formula is C23H29ClN2O2. The molecule has 28 heavy (non-hydrogen) atoms. The normalized spacial score (nSPS) is 21.0. The van der Waals surface area contributed by atoms with Gasteiger partial charge in [0.15, 0.2) is 0 Å². The van der Waals surface area contributed by atoms with Gasteiger partial charge in [0.1, 0.15) is 12.4 Å². The quantitative estimate of drug-likeness (QED) is 0.827. The number of amides is 1. The highest BCUT2D eigenvalue weighted by molar-refractivity contribution is 5.85. The van der Waals surface area contributed by atoms with Crippen LogP contribution in [0, 0.1) is 6.92 Å². The van der Waals surface area contributed by atoms with Gasteiger partial charge in [-0.05, 0) is 55.0 Å². The van der Waals surface area contributed by atoms with E-state index in [1.165, 1.54) is 24.0 Å². The minimum Gasteiger partial charge on any atom is -0.489 e. The molecule has 2 aliphatic rings. The van der Waals surface area contributed by atoms with Gasteiger partial charge in [-0.3, -0.25) is 4.79 Å². The van der Waals surface area contributed by atoms with Gasteiger partial charge < -0.3 is 15.0 Å². The van der Waals surface area contributed by atoms with Crippen LogP contribution >= 0.6 is 12.4 Å². The number of fused-ring (bicyclic) bond motifs is 2. The molecular weight excluding hydrogens is 372 g/mol. The fraction of sp³-hybridized carbons (Fsp3) is 0.435. The second-order valence-corrected chi connectivity index (χ2v) is 7.81. The zero-order valence-corrected chi connectivity index (χ0v) is 17.2. The predicted octanol–water partition coefficient (Wildman–Crippen LogP) is 3.89. The second-order valence-electron chi connectivity index (χ2n) is 7.81. The lowest BCUT2D eigenvalue weighted by atomic mass is 10.1. The van der Waals surface area contributed by atoms with Crippen LogP contribution in [0.5, 0.6) is 5.75 Å². The number of rotatable bonds is 5. The highest BCUT2D eigenvalue weighted by Gasteiger charge is 2.30. The molecule has 0 radical (unpaired) electrons. The van der Waals surface area contributed by atoms with Gasteiger partial charge in [-0.15, -0.1) is 12.4 Å². The summed E-state index contributed by atoms with van der Waals surface area (Å²) in [5.74, 6) is 1.04. The minimum absolute atomic E-state index is 0. The van der Waals surface area contributed by atoms with Crippen LogP contribution in [-0.2, 0) is 17.8 Å². The first kappa shape index (κ1) is 20.7. The molecule has 2 atom stereocenters. The number of carbonyl (C=O) groups is 1. The van der Waals surface area contributed by atoms with E-state index in [1.54, 1.807) is 0 Å². The van der Waals surface area contributed by atoms with Crippen molar-refractivity contribution in [3.05, 3.63) is 65.2 Å². The van der Waals surface area contributed by atoms with Crippen molar-refractivity contribution in [1.82, 2.24) is 10.2 Å². The molecule has 4 nitrogen and oxygen atoms in total. The van der Waals surface area contributed by atoms with Crippen LogP contribution in [0.4, 0.5) is 0 Å². The lowest BCUT2D eigenvalue weighted by molar-refractivity contribution is -0.130. The van der Waals surface area contributed by atoms with E-state index in [2.05, 4.69) is 24.4 Å². The van der Waals surface area contributed by atoms with Crippen LogP contribution in [0.1, 0.15) is 36.0 Å². The largest absolute Gasteiger partial charge is 0.489 e. The Kier molecular flexibility index (Phi) is 6.97. The first-order chi connectivity index (χ1) is 13.2. The average molecular weight is 401 g/mol. The fourth-order valence-electron chi connectivity index (χ4n) is 4.13. The van der Waals surface area contributed by atoms with Crippen molar-refractivity contribution in [3.63, 3.8) is 0 Å². The Balaban J connectivity index is 0.00000225. The molecule has 2 unspecified atom stereocenters. The molecule has 2 heterocycles. The molecule has 0 aromatic heterocycles. The number of hydrogen-bond donors (Lipinski definition) is 1. The molecule has 0 spiro atoms. The van der Waals surface area contributed by atoms with Crippen LogP contribution in [0.25, 0.3) is 0 Å². The van der Waals surface area contributed by atoms with Crippen molar-refractivity contribution in [2.45, 2.75) is 51.3 Å². The number of benzene rings is 2.